The second-order valence-corrected chi connectivity index (χ2v) is 5.95. The number of hydrogen-bond acceptors (Lipinski definition) is 4. The van der Waals surface area contributed by atoms with Crippen molar-refractivity contribution < 1.29 is 8.42 Å². The van der Waals surface area contributed by atoms with Crippen LogP contribution in [0.2, 0.25) is 0 Å². The van der Waals surface area contributed by atoms with E-state index in [-0.39, 0.29) is 10.9 Å². The van der Waals surface area contributed by atoms with Crippen molar-refractivity contribution in [3.05, 3.63) is 12.4 Å². The van der Waals surface area contributed by atoms with Gasteiger partial charge in [-0.3, -0.25) is 5.10 Å². The zero-order valence-electron chi connectivity index (χ0n) is 9.18. The van der Waals surface area contributed by atoms with Crippen LogP contribution in [0.15, 0.2) is 17.3 Å². The molecule has 0 saturated carbocycles. The number of aromatic nitrogens is 2. The van der Waals surface area contributed by atoms with Gasteiger partial charge in [-0.1, -0.05) is 0 Å². The van der Waals surface area contributed by atoms with Crippen LogP contribution in [-0.2, 0) is 10.0 Å². The van der Waals surface area contributed by atoms with Gasteiger partial charge in [0.1, 0.15) is 4.90 Å². The topological polar surface area (TPSA) is 78.1 Å². The summed E-state index contributed by atoms with van der Waals surface area (Å²) in [5.74, 6) is 0. The average Bonchev–Trinajstić information content (AvgIpc) is 2.83. The Morgan fingerprint density at radius 1 is 1.56 bits per heavy atom. The van der Waals surface area contributed by atoms with Gasteiger partial charge in [-0.2, -0.15) is 9.40 Å². The molecule has 0 spiro atoms. The Morgan fingerprint density at radius 2 is 2.38 bits per heavy atom. The van der Waals surface area contributed by atoms with Gasteiger partial charge in [0.05, 0.1) is 6.20 Å². The van der Waals surface area contributed by atoms with E-state index in [2.05, 4.69) is 15.5 Å². The zero-order valence-corrected chi connectivity index (χ0v) is 10.00. The molecule has 1 fully saturated rings. The molecule has 2 N–H and O–H groups in total. The quantitative estimate of drug-likeness (QED) is 0.770. The van der Waals surface area contributed by atoms with Crippen LogP contribution in [0.25, 0.3) is 0 Å². The third-order valence-electron chi connectivity index (χ3n) is 2.94. The zero-order chi connectivity index (χ0) is 11.6. The van der Waals surface area contributed by atoms with Crippen LogP contribution in [0.4, 0.5) is 0 Å². The maximum Gasteiger partial charge on any atom is 0.246 e. The van der Waals surface area contributed by atoms with Crippen molar-refractivity contribution in [3.8, 4) is 0 Å². The van der Waals surface area contributed by atoms with Crippen LogP contribution in [0.1, 0.15) is 12.8 Å². The van der Waals surface area contributed by atoms with E-state index in [1.54, 1.807) is 7.05 Å². The lowest BCUT2D eigenvalue weighted by Gasteiger charge is -2.30. The fourth-order valence-corrected chi connectivity index (χ4v) is 3.18. The lowest BCUT2D eigenvalue weighted by Crippen LogP contribution is -2.46. The molecule has 2 rings (SSSR count). The van der Waals surface area contributed by atoms with E-state index in [4.69, 9.17) is 0 Å². The van der Waals surface area contributed by atoms with Crippen LogP contribution >= 0.6 is 0 Å². The molecule has 0 bridgehead atoms. The van der Waals surface area contributed by atoms with E-state index in [0.717, 1.165) is 19.4 Å². The van der Waals surface area contributed by atoms with Gasteiger partial charge in [0, 0.05) is 25.8 Å². The summed E-state index contributed by atoms with van der Waals surface area (Å²) >= 11 is 0. The van der Waals surface area contributed by atoms with Gasteiger partial charge >= 0.3 is 0 Å². The summed E-state index contributed by atoms with van der Waals surface area (Å²) in [5.41, 5.74) is 0. The second-order valence-electron chi connectivity index (χ2n) is 3.96. The molecule has 1 aliphatic heterocycles. The molecule has 0 radical (unpaired) electrons. The predicted octanol–water partition coefficient (Wildman–Crippen LogP) is -0.218. The molecule has 1 aromatic rings. The third-order valence-corrected chi connectivity index (χ3v) is 4.81. The SMILES string of the molecule is CN(C1CCCNC1)S(=O)(=O)c1cn[nH]c1. The third kappa shape index (κ3) is 2.11. The Bertz CT molecular complexity index is 422. The van der Waals surface area contributed by atoms with E-state index in [9.17, 15) is 8.42 Å². The summed E-state index contributed by atoms with van der Waals surface area (Å²) in [5, 5.41) is 9.40. The number of aromatic amines is 1. The highest BCUT2D eigenvalue weighted by Crippen LogP contribution is 2.18. The molecule has 2 heterocycles. The highest BCUT2D eigenvalue weighted by Gasteiger charge is 2.29. The molecule has 6 nitrogen and oxygen atoms in total. The smallest absolute Gasteiger partial charge is 0.246 e. The molecule has 1 aliphatic rings. The number of sulfonamides is 1. The van der Waals surface area contributed by atoms with E-state index < -0.39 is 10.0 Å². The van der Waals surface area contributed by atoms with Crippen molar-refractivity contribution in [1.82, 2.24) is 19.8 Å². The van der Waals surface area contributed by atoms with Crippen LogP contribution in [-0.4, -0.2) is 49.1 Å². The van der Waals surface area contributed by atoms with Gasteiger partial charge in [0.2, 0.25) is 10.0 Å². The van der Waals surface area contributed by atoms with Crippen LogP contribution in [0.3, 0.4) is 0 Å². The average molecular weight is 244 g/mol. The molecule has 0 aromatic carbocycles. The summed E-state index contributed by atoms with van der Waals surface area (Å²) < 4.78 is 25.7. The highest BCUT2D eigenvalue weighted by atomic mass is 32.2. The highest BCUT2D eigenvalue weighted by molar-refractivity contribution is 7.89. The number of H-pyrrole nitrogens is 1. The fourth-order valence-electron chi connectivity index (χ4n) is 1.89. The largest absolute Gasteiger partial charge is 0.315 e. The number of likely N-dealkylation sites (N-methyl/N-ethyl adjacent to an activating group) is 1. The Balaban J connectivity index is 2.17. The molecule has 1 atom stereocenters. The van der Waals surface area contributed by atoms with Crippen molar-refractivity contribution in [1.29, 1.82) is 0 Å². The van der Waals surface area contributed by atoms with Gasteiger partial charge in [0.15, 0.2) is 0 Å². The molecule has 0 aliphatic carbocycles. The lowest BCUT2D eigenvalue weighted by atomic mass is 10.1. The first-order valence-electron chi connectivity index (χ1n) is 5.30. The molecule has 7 heteroatoms. The fraction of sp³-hybridized carbons (Fsp3) is 0.667. The minimum Gasteiger partial charge on any atom is -0.315 e. The summed E-state index contributed by atoms with van der Waals surface area (Å²) in [6.45, 7) is 1.68. The Morgan fingerprint density at radius 3 is 2.94 bits per heavy atom. The minimum absolute atomic E-state index is 0.0358. The van der Waals surface area contributed by atoms with E-state index in [1.807, 2.05) is 0 Å². The maximum atomic E-state index is 12.1. The van der Waals surface area contributed by atoms with Crippen LogP contribution < -0.4 is 5.32 Å². The van der Waals surface area contributed by atoms with Gasteiger partial charge in [0.25, 0.3) is 0 Å². The molecule has 1 saturated heterocycles. The Labute approximate surface area is 95.1 Å². The first kappa shape index (κ1) is 11.6. The molecule has 90 valence electrons. The first-order valence-corrected chi connectivity index (χ1v) is 6.74. The molecule has 1 aromatic heterocycles. The number of nitrogens with zero attached hydrogens (tertiary/aromatic N) is 2. The van der Waals surface area contributed by atoms with Crippen LogP contribution in [0, 0.1) is 0 Å². The van der Waals surface area contributed by atoms with E-state index >= 15 is 0 Å². The summed E-state index contributed by atoms with van der Waals surface area (Å²) in [7, 11) is -1.77. The van der Waals surface area contributed by atoms with Crippen LogP contribution in [0.5, 0.6) is 0 Å². The summed E-state index contributed by atoms with van der Waals surface area (Å²) in [6.07, 6.45) is 4.65. The predicted molar refractivity (Wildman–Crippen MR) is 59.4 cm³/mol. The number of rotatable bonds is 3. The normalized spacial score (nSPS) is 22.5. The second kappa shape index (κ2) is 4.52. The molecule has 16 heavy (non-hydrogen) atoms. The first-order chi connectivity index (χ1) is 7.62. The minimum atomic E-state index is -3.40. The van der Waals surface area contributed by atoms with Crippen molar-refractivity contribution in [3.63, 3.8) is 0 Å². The van der Waals surface area contributed by atoms with Crippen molar-refractivity contribution >= 4 is 10.0 Å². The van der Waals surface area contributed by atoms with Gasteiger partial charge in [-0.15, -0.1) is 0 Å². The van der Waals surface area contributed by atoms with Crippen molar-refractivity contribution in [2.24, 2.45) is 0 Å². The lowest BCUT2D eigenvalue weighted by molar-refractivity contribution is 0.300. The van der Waals surface area contributed by atoms with E-state index in [0.29, 0.717) is 6.54 Å². The molecular formula is C9H16N4O2S. The van der Waals surface area contributed by atoms with Gasteiger partial charge < -0.3 is 5.32 Å². The Kier molecular flexibility index (Phi) is 3.27. The maximum absolute atomic E-state index is 12.1. The number of nitrogens with one attached hydrogen (secondary N) is 2. The van der Waals surface area contributed by atoms with Gasteiger partial charge in [-0.05, 0) is 19.4 Å². The standard InChI is InChI=1S/C9H16N4O2S/c1-13(8-3-2-4-10-5-8)16(14,15)9-6-11-12-7-9/h6-8,10H,2-5H2,1H3,(H,11,12). The number of piperidine rings is 1. The Hall–Kier alpha value is -0.920. The van der Waals surface area contributed by atoms with Crippen molar-refractivity contribution in [2.45, 2.75) is 23.8 Å². The number of hydrogen-bond donors (Lipinski definition) is 2. The monoisotopic (exact) mass is 244 g/mol. The summed E-state index contributed by atoms with van der Waals surface area (Å²) in [4.78, 5) is 0.223. The molecule has 1 unspecified atom stereocenters. The molecule has 0 amide bonds. The van der Waals surface area contributed by atoms with E-state index in [1.165, 1.54) is 16.7 Å². The van der Waals surface area contributed by atoms with Crippen molar-refractivity contribution in [2.75, 3.05) is 20.1 Å². The summed E-state index contributed by atoms with van der Waals surface area (Å²) in [6, 6.07) is 0.0358. The van der Waals surface area contributed by atoms with Gasteiger partial charge in [-0.25, -0.2) is 8.42 Å². The molecular weight excluding hydrogens is 228 g/mol.